The molecule has 0 bridgehead atoms. The average Bonchev–Trinajstić information content (AvgIpc) is 1.58. The van der Waals surface area contributed by atoms with E-state index in [9.17, 15) is 1.37 Å². The molecule has 486 valence electrons. The lowest BCUT2D eigenvalue weighted by Crippen LogP contribution is -2.30. The zero-order valence-electron chi connectivity index (χ0n) is 65.3. The molecule has 0 N–H and O–H groups in total. The molecule has 0 atom stereocenters. The Labute approximate surface area is 591 Å². The normalized spacial score (nSPS) is 14.9. The molecule has 0 aliphatic heterocycles. The molecular formula is C93H87N6+3. The van der Waals surface area contributed by atoms with Gasteiger partial charge in [0.05, 0.1) is 38.2 Å². The summed E-state index contributed by atoms with van der Waals surface area (Å²) in [5, 5.41) is 14.8. The Morgan fingerprint density at radius 1 is 0.384 bits per heavy atom. The van der Waals surface area contributed by atoms with Crippen molar-refractivity contribution in [2.24, 2.45) is 40.7 Å². The summed E-state index contributed by atoms with van der Waals surface area (Å²) in [5.74, 6) is -0.507. The monoisotopic (exact) mass is 1290 g/mol. The van der Waals surface area contributed by atoms with Crippen LogP contribution >= 0.6 is 0 Å². The number of aromatic nitrogens is 6. The molecule has 0 amide bonds. The van der Waals surface area contributed by atoms with E-state index in [0.29, 0.717) is 16.5 Å². The van der Waals surface area contributed by atoms with Crippen molar-refractivity contribution in [2.75, 3.05) is 0 Å². The molecule has 0 saturated heterocycles. The fourth-order valence-corrected chi connectivity index (χ4v) is 15.9. The topological polar surface area (TPSA) is 26.4 Å². The van der Waals surface area contributed by atoms with Gasteiger partial charge in [0.15, 0.2) is 18.6 Å². The SMILES string of the molecule is Cc1ccccc1-c1cc2c(c[n+]1C)c1c3ccccc3ccc1n2-c1ccccc1.[2H]C([2H])([2H])c1ccc(-c2cc3c(c[n+]2C)c2cc4ccc(-c5ccccc5)cc4cc2n3C)c(C)c1.[2H]C([2H])([2H])c1ccc(-c2cc3c(c[n+]2C)c2cc4ccc(C5([2H])CCC(C)(C)CC5)cc4cc2n3C)c(C)c1. The third-order valence-corrected chi connectivity index (χ3v) is 21.5. The summed E-state index contributed by atoms with van der Waals surface area (Å²) >= 11 is 0. The maximum atomic E-state index is 9.26. The summed E-state index contributed by atoms with van der Waals surface area (Å²) in [6.07, 6.45) is 10.7. The minimum atomic E-state index is -2.11. The number of fused-ring (bicyclic) bond motifs is 13. The second kappa shape index (κ2) is 24.9. The number of pyridine rings is 3. The highest BCUT2D eigenvalue weighted by atomic mass is 15.0. The molecule has 0 radical (unpaired) electrons. The molecule has 6 heterocycles. The van der Waals surface area contributed by atoms with E-state index in [1.54, 1.807) is 24.3 Å². The number of benzene rings is 11. The molecule has 6 heteroatoms. The van der Waals surface area contributed by atoms with Crippen LogP contribution in [0.15, 0.2) is 255 Å². The van der Waals surface area contributed by atoms with E-state index >= 15 is 0 Å². The summed E-state index contributed by atoms with van der Waals surface area (Å²) in [6.45, 7) is 6.57. The third-order valence-electron chi connectivity index (χ3n) is 21.5. The van der Waals surface area contributed by atoms with Gasteiger partial charge >= 0.3 is 0 Å². The Kier molecular flexibility index (Phi) is 13.8. The Hall–Kier alpha value is -11.0. The van der Waals surface area contributed by atoms with Crippen LogP contribution in [0.4, 0.5) is 0 Å². The molecule has 11 aromatic carbocycles. The second-order valence-corrected chi connectivity index (χ2v) is 28.5. The lowest BCUT2D eigenvalue weighted by atomic mass is 9.71. The van der Waals surface area contributed by atoms with Gasteiger partial charge in [0.1, 0.15) is 21.1 Å². The van der Waals surface area contributed by atoms with Gasteiger partial charge in [-0.15, -0.1) is 0 Å². The minimum absolute atomic E-state index is 0.335. The van der Waals surface area contributed by atoms with Gasteiger partial charge in [0.2, 0.25) is 17.1 Å². The molecule has 1 aliphatic rings. The van der Waals surface area contributed by atoms with Crippen LogP contribution < -0.4 is 13.7 Å². The van der Waals surface area contributed by atoms with Gasteiger partial charge in [-0.1, -0.05) is 177 Å². The zero-order chi connectivity index (χ0) is 74.0. The number of rotatable bonds is 6. The summed E-state index contributed by atoms with van der Waals surface area (Å²) < 4.78 is 69.2. The highest BCUT2D eigenvalue weighted by molar-refractivity contribution is 6.21. The molecule has 6 nitrogen and oxygen atoms in total. The standard InChI is InChI=1S/C33H37N2.C31H27N2.C29H23N2/c1-21-7-10-27(22(2)15-21)30-19-32-29(20-34(30)5)28-17-25-9-8-24(16-26(25)18-31(28)35(32)6)23-11-13-33(3,4)14-12-23;1-20-10-13-26(21(2)14-20)29-18-31-28(19-32(29)3)27-16-24-12-11-23(22-8-6-5-7-9-22)15-25(24)17-30(27)33(31)4;1-20-10-6-8-14-23(20)27-18-28-25(19-30(27)2)29-24-15-9-7-11-21(24)16-17-26(29)31(28)22-12-4-3-5-13-22/h7-10,15-20,23H,11-14H2,1-6H3;5-19H,1-4H3;3-19H,1-2H3/q3*+1/i1D3,23D;1D3;. The van der Waals surface area contributed by atoms with Crippen molar-refractivity contribution in [3.05, 3.63) is 289 Å². The summed E-state index contributed by atoms with van der Waals surface area (Å²) in [7, 11) is 10.5. The van der Waals surface area contributed by atoms with Crippen LogP contribution in [0.1, 0.15) is 88.4 Å². The predicted octanol–water partition coefficient (Wildman–Crippen LogP) is 22.3. The minimum Gasteiger partial charge on any atom is -0.343 e. The lowest BCUT2D eigenvalue weighted by molar-refractivity contribution is -0.659. The molecule has 6 aromatic heterocycles. The van der Waals surface area contributed by atoms with Crippen LogP contribution in [0.3, 0.4) is 0 Å². The highest BCUT2D eigenvalue weighted by Crippen LogP contribution is 2.45. The molecule has 1 saturated carbocycles. The van der Waals surface area contributed by atoms with Crippen LogP contribution in [0.25, 0.3) is 148 Å². The summed E-state index contributed by atoms with van der Waals surface area (Å²) in [6, 6.07) is 83.0. The van der Waals surface area contributed by atoms with E-state index < -0.39 is 19.6 Å². The largest absolute Gasteiger partial charge is 0.343 e. The van der Waals surface area contributed by atoms with Crippen LogP contribution in [0.5, 0.6) is 0 Å². The Balaban J connectivity index is 0.000000123. The molecule has 99 heavy (non-hydrogen) atoms. The summed E-state index contributed by atoms with van der Waals surface area (Å²) in [4.78, 5) is 0. The van der Waals surface area contributed by atoms with E-state index in [2.05, 4.69) is 296 Å². The molecule has 18 rings (SSSR count). The van der Waals surface area contributed by atoms with Crippen LogP contribution in [-0.2, 0) is 35.2 Å². The zero-order valence-corrected chi connectivity index (χ0v) is 58.3. The Morgan fingerprint density at radius 2 is 0.879 bits per heavy atom. The van der Waals surface area contributed by atoms with E-state index in [0.717, 1.165) is 75.9 Å². The number of aryl methyl sites for hydroxylation is 10. The van der Waals surface area contributed by atoms with Crippen molar-refractivity contribution >= 4 is 97.7 Å². The fourth-order valence-electron chi connectivity index (χ4n) is 15.9. The highest BCUT2D eigenvalue weighted by Gasteiger charge is 2.29. The third kappa shape index (κ3) is 11.3. The van der Waals surface area contributed by atoms with Crippen LogP contribution in [0, 0.1) is 39.9 Å². The van der Waals surface area contributed by atoms with Crippen molar-refractivity contribution in [3.8, 4) is 50.6 Å². The van der Waals surface area contributed by atoms with Crippen LogP contribution in [0.2, 0.25) is 0 Å². The Bertz CT molecular complexity index is 6380. The van der Waals surface area contributed by atoms with E-state index in [1.807, 2.05) is 32.0 Å². The van der Waals surface area contributed by atoms with E-state index in [1.165, 1.54) is 120 Å². The first-order valence-electron chi connectivity index (χ1n) is 38.2. The lowest BCUT2D eigenvalue weighted by Gasteiger charge is -2.34. The number of nitrogens with zero attached hydrogens (tertiary/aromatic N) is 6. The van der Waals surface area contributed by atoms with Crippen molar-refractivity contribution in [1.29, 1.82) is 0 Å². The number of hydrogen-bond donors (Lipinski definition) is 0. The van der Waals surface area contributed by atoms with Gasteiger partial charge in [-0.2, -0.15) is 0 Å². The smallest absolute Gasteiger partial charge is 0.214 e. The maximum absolute atomic E-state index is 9.26. The average molecular weight is 1300 g/mol. The van der Waals surface area contributed by atoms with Gasteiger partial charge in [-0.25, -0.2) is 13.7 Å². The number of para-hydroxylation sites is 1. The van der Waals surface area contributed by atoms with Gasteiger partial charge in [-0.05, 0) is 204 Å². The van der Waals surface area contributed by atoms with Crippen molar-refractivity contribution in [2.45, 2.75) is 79.9 Å². The van der Waals surface area contributed by atoms with Crippen molar-refractivity contribution in [1.82, 2.24) is 13.7 Å². The molecule has 0 unspecified atom stereocenters. The first-order valence-corrected chi connectivity index (χ1v) is 34.7. The van der Waals surface area contributed by atoms with Crippen LogP contribution in [-0.4, -0.2) is 13.7 Å². The van der Waals surface area contributed by atoms with E-state index in [4.69, 9.17) is 8.22 Å². The number of hydrogen-bond acceptors (Lipinski definition) is 0. The molecular weight excluding hydrogens is 1200 g/mol. The first-order chi connectivity index (χ1) is 50.7. The van der Waals surface area contributed by atoms with Crippen molar-refractivity contribution in [3.63, 3.8) is 0 Å². The van der Waals surface area contributed by atoms with E-state index in [-0.39, 0.29) is 0 Å². The molecule has 1 aliphatic carbocycles. The fraction of sp³-hybridized carbons (Fsp3) is 0.194. The van der Waals surface area contributed by atoms with Gasteiger partial charge in [0.25, 0.3) is 0 Å². The van der Waals surface area contributed by atoms with Crippen molar-refractivity contribution < 1.29 is 23.3 Å². The predicted molar refractivity (Wildman–Crippen MR) is 418 cm³/mol. The summed E-state index contributed by atoms with van der Waals surface area (Å²) in [5.41, 5.74) is 22.8. The maximum Gasteiger partial charge on any atom is 0.214 e. The molecule has 17 aromatic rings. The molecule has 1 fully saturated rings. The molecule has 0 spiro atoms. The van der Waals surface area contributed by atoms with Gasteiger partial charge < -0.3 is 13.7 Å². The van der Waals surface area contributed by atoms with Gasteiger partial charge in [-0.3, -0.25) is 0 Å². The quantitative estimate of drug-likeness (QED) is 0.148. The Morgan fingerprint density at radius 3 is 1.46 bits per heavy atom. The van der Waals surface area contributed by atoms with Gasteiger partial charge in [0, 0.05) is 91.5 Å². The second-order valence-electron chi connectivity index (χ2n) is 28.5. The first kappa shape index (κ1) is 55.1.